The zero-order chi connectivity index (χ0) is 14.0. The van der Waals surface area contributed by atoms with Gasteiger partial charge in [0, 0.05) is 13.1 Å². The number of hydrogen-bond acceptors (Lipinski definition) is 3. The van der Waals surface area contributed by atoms with Crippen LogP contribution in [0.3, 0.4) is 0 Å². The number of nitrogens with one attached hydrogen (secondary N) is 1. The number of fused-ring (bicyclic) bond motifs is 1. The molecular weight excluding hydrogens is 240 g/mol. The fraction of sp³-hybridized carbons (Fsp3) is 0.333. The second-order valence-electron chi connectivity index (χ2n) is 4.81. The first-order chi connectivity index (χ1) is 9.00. The van der Waals surface area contributed by atoms with E-state index in [-0.39, 0.29) is 23.0 Å². The second-order valence-corrected chi connectivity index (χ2v) is 4.81. The van der Waals surface area contributed by atoms with Crippen molar-refractivity contribution in [3.05, 3.63) is 46.7 Å². The topological polar surface area (TPSA) is 64.4 Å². The minimum Gasteiger partial charge on any atom is -0.512 e. The molecule has 19 heavy (non-hydrogen) atoms. The number of nitrogens with zero attached hydrogens (tertiary/aromatic N) is 1. The maximum absolute atomic E-state index is 11.5. The lowest BCUT2D eigenvalue weighted by Gasteiger charge is -2.31. The molecule has 0 fully saturated rings. The van der Waals surface area contributed by atoms with E-state index in [0.717, 1.165) is 6.42 Å². The van der Waals surface area contributed by atoms with Crippen LogP contribution >= 0.6 is 0 Å². The SMILES string of the molecule is CC(=O)C(C(=N)N1CCc2ccccc2C1)=C(C)O. The van der Waals surface area contributed by atoms with E-state index in [9.17, 15) is 9.90 Å². The summed E-state index contributed by atoms with van der Waals surface area (Å²) in [5.74, 6) is -0.248. The van der Waals surface area contributed by atoms with Gasteiger partial charge in [-0.1, -0.05) is 24.3 Å². The summed E-state index contributed by atoms with van der Waals surface area (Å²) in [7, 11) is 0. The highest BCUT2D eigenvalue weighted by molar-refractivity contribution is 6.19. The number of carbonyl (C=O) groups excluding carboxylic acids is 1. The molecule has 100 valence electrons. The largest absolute Gasteiger partial charge is 0.512 e. The summed E-state index contributed by atoms with van der Waals surface area (Å²) in [4.78, 5) is 13.4. The van der Waals surface area contributed by atoms with Crippen molar-refractivity contribution in [2.75, 3.05) is 6.54 Å². The van der Waals surface area contributed by atoms with E-state index in [4.69, 9.17) is 5.41 Å². The van der Waals surface area contributed by atoms with Gasteiger partial charge in [-0.2, -0.15) is 0 Å². The molecule has 0 amide bonds. The molecule has 2 rings (SSSR count). The fourth-order valence-corrected chi connectivity index (χ4v) is 2.44. The molecule has 2 N–H and O–H groups in total. The van der Waals surface area contributed by atoms with Gasteiger partial charge in [0.1, 0.15) is 11.6 Å². The Balaban J connectivity index is 2.24. The number of benzene rings is 1. The predicted molar refractivity (Wildman–Crippen MR) is 74.3 cm³/mol. The Morgan fingerprint density at radius 1 is 1.26 bits per heavy atom. The van der Waals surface area contributed by atoms with Crippen LogP contribution in [0.1, 0.15) is 25.0 Å². The van der Waals surface area contributed by atoms with Crippen molar-refractivity contribution in [1.82, 2.24) is 4.90 Å². The maximum atomic E-state index is 11.5. The summed E-state index contributed by atoms with van der Waals surface area (Å²) in [6.45, 7) is 4.13. The van der Waals surface area contributed by atoms with Crippen LogP contribution in [0.15, 0.2) is 35.6 Å². The van der Waals surface area contributed by atoms with Gasteiger partial charge >= 0.3 is 0 Å². The Bertz CT molecular complexity index is 557. The summed E-state index contributed by atoms with van der Waals surface area (Å²) in [6.07, 6.45) is 0.855. The Labute approximate surface area is 112 Å². The maximum Gasteiger partial charge on any atom is 0.166 e. The molecule has 0 aromatic heterocycles. The third-order valence-electron chi connectivity index (χ3n) is 3.40. The molecule has 1 heterocycles. The Morgan fingerprint density at radius 3 is 2.47 bits per heavy atom. The highest BCUT2D eigenvalue weighted by Crippen LogP contribution is 2.20. The van der Waals surface area contributed by atoms with Crippen molar-refractivity contribution in [1.29, 1.82) is 5.41 Å². The highest BCUT2D eigenvalue weighted by atomic mass is 16.3. The number of Topliss-reactive ketones (excluding diaryl/α,β-unsaturated/α-hetero) is 1. The first-order valence-corrected chi connectivity index (χ1v) is 6.32. The van der Waals surface area contributed by atoms with Crippen molar-refractivity contribution in [2.24, 2.45) is 0 Å². The first kappa shape index (κ1) is 13.3. The molecule has 0 radical (unpaired) electrons. The third kappa shape index (κ3) is 2.67. The number of aliphatic hydroxyl groups excluding tert-OH is 1. The van der Waals surface area contributed by atoms with Crippen LogP contribution in [0.4, 0.5) is 0 Å². The molecule has 0 bridgehead atoms. The normalized spacial score (nSPS) is 15.6. The minimum absolute atomic E-state index is 0.0867. The molecule has 4 heteroatoms. The zero-order valence-electron chi connectivity index (χ0n) is 11.2. The van der Waals surface area contributed by atoms with Gasteiger partial charge in [0.05, 0.1) is 5.57 Å². The Hall–Kier alpha value is -2.10. The van der Waals surface area contributed by atoms with E-state index in [0.29, 0.717) is 13.1 Å². The van der Waals surface area contributed by atoms with Crippen molar-refractivity contribution < 1.29 is 9.90 Å². The molecule has 1 aromatic rings. The van der Waals surface area contributed by atoms with Gasteiger partial charge in [-0.25, -0.2) is 0 Å². The molecule has 4 nitrogen and oxygen atoms in total. The van der Waals surface area contributed by atoms with Crippen LogP contribution < -0.4 is 0 Å². The standard InChI is InChI=1S/C15H18N2O2/c1-10(18)14(11(2)19)15(16)17-8-7-12-5-3-4-6-13(12)9-17/h3-6,16,18H,7-9H2,1-2H3. The lowest BCUT2D eigenvalue weighted by atomic mass is 9.98. The number of aliphatic hydroxyl groups is 1. The second kappa shape index (κ2) is 5.26. The van der Waals surface area contributed by atoms with Crippen LogP contribution in [0.5, 0.6) is 0 Å². The van der Waals surface area contributed by atoms with Crippen molar-refractivity contribution in [2.45, 2.75) is 26.8 Å². The van der Waals surface area contributed by atoms with Gasteiger partial charge in [-0.05, 0) is 31.4 Å². The van der Waals surface area contributed by atoms with Gasteiger partial charge in [-0.3, -0.25) is 10.2 Å². The summed E-state index contributed by atoms with van der Waals surface area (Å²) >= 11 is 0. The summed E-state index contributed by atoms with van der Waals surface area (Å²) < 4.78 is 0. The van der Waals surface area contributed by atoms with Gasteiger partial charge in [0.15, 0.2) is 5.78 Å². The van der Waals surface area contributed by atoms with E-state index in [2.05, 4.69) is 6.07 Å². The van der Waals surface area contributed by atoms with Gasteiger partial charge in [0.2, 0.25) is 0 Å². The van der Waals surface area contributed by atoms with Crippen LogP contribution in [0, 0.1) is 5.41 Å². The lowest BCUT2D eigenvalue weighted by molar-refractivity contribution is -0.113. The third-order valence-corrected chi connectivity index (χ3v) is 3.40. The van der Waals surface area contributed by atoms with Gasteiger partial charge < -0.3 is 10.0 Å². The number of carbonyl (C=O) groups is 1. The van der Waals surface area contributed by atoms with Crippen LogP contribution in [-0.2, 0) is 17.8 Å². The number of allylic oxidation sites excluding steroid dienone is 1. The first-order valence-electron chi connectivity index (χ1n) is 6.32. The summed E-state index contributed by atoms with van der Waals surface area (Å²) in [6, 6.07) is 8.12. The van der Waals surface area contributed by atoms with E-state index in [1.165, 1.54) is 25.0 Å². The van der Waals surface area contributed by atoms with E-state index in [1.807, 2.05) is 23.1 Å². The quantitative estimate of drug-likeness (QED) is 0.370. The molecule has 1 aromatic carbocycles. The molecule has 0 unspecified atom stereocenters. The van der Waals surface area contributed by atoms with Crippen molar-refractivity contribution in [3.63, 3.8) is 0 Å². The van der Waals surface area contributed by atoms with E-state index in [1.54, 1.807) is 0 Å². The van der Waals surface area contributed by atoms with Crippen molar-refractivity contribution in [3.8, 4) is 0 Å². The van der Waals surface area contributed by atoms with Crippen LogP contribution in [0.2, 0.25) is 0 Å². The smallest absolute Gasteiger partial charge is 0.166 e. The number of amidine groups is 1. The van der Waals surface area contributed by atoms with Crippen molar-refractivity contribution >= 4 is 11.6 Å². The predicted octanol–water partition coefficient (Wildman–Crippen LogP) is 2.44. The fourth-order valence-electron chi connectivity index (χ4n) is 2.44. The van der Waals surface area contributed by atoms with Crippen LogP contribution in [-0.4, -0.2) is 28.2 Å². The number of ketones is 1. The van der Waals surface area contributed by atoms with Gasteiger partial charge in [0.25, 0.3) is 0 Å². The average Bonchev–Trinajstić information content (AvgIpc) is 2.37. The molecule has 1 aliphatic heterocycles. The molecule has 0 aliphatic carbocycles. The number of hydrogen-bond donors (Lipinski definition) is 2. The average molecular weight is 258 g/mol. The summed E-state index contributed by atoms with van der Waals surface area (Å²) in [5.41, 5.74) is 2.58. The molecule has 1 aliphatic rings. The lowest BCUT2D eigenvalue weighted by Crippen LogP contribution is -2.38. The highest BCUT2D eigenvalue weighted by Gasteiger charge is 2.23. The molecular formula is C15H18N2O2. The molecule has 0 saturated heterocycles. The molecule has 0 spiro atoms. The Kier molecular flexibility index (Phi) is 3.69. The van der Waals surface area contributed by atoms with Gasteiger partial charge in [-0.15, -0.1) is 0 Å². The van der Waals surface area contributed by atoms with E-state index < -0.39 is 0 Å². The number of rotatable bonds is 2. The monoisotopic (exact) mass is 258 g/mol. The summed E-state index contributed by atoms with van der Waals surface area (Å²) in [5, 5.41) is 17.7. The molecule has 0 saturated carbocycles. The Morgan fingerprint density at radius 2 is 1.89 bits per heavy atom. The zero-order valence-corrected chi connectivity index (χ0v) is 11.2. The molecule has 0 atom stereocenters. The van der Waals surface area contributed by atoms with E-state index >= 15 is 0 Å². The van der Waals surface area contributed by atoms with Crippen LogP contribution in [0.25, 0.3) is 0 Å². The minimum atomic E-state index is -0.274.